The number of hydrogen-bond donors (Lipinski definition) is 0. The van der Waals surface area contributed by atoms with Crippen LogP contribution >= 0.6 is 0 Å². The van der Waals surface area contributed by atoms with E-state index < -0.39 is 6.16 Å². The van der Waals surface area contributed by atoms with Gasteiger partial charge in [0.25, 0.3) is 0 Å². The minimum absolute atomic E-state index is 0.0652. The van der Waals surface area contributed by atoms with Gasteiger partial charge in [0.2, 0.25) is 0 Å². The number of carbonyl (C=O) groups excluding carboxylic acids is 1. The Bertz CT molecular complexity index is 681. The van der Waals surface area contributed by atoms with E-state index in [4.69, 9.17) is 4.74 Å². The molecule has 1 saturated carbocycles. The summed E-state index contributed by atoms with van der Waals surface area (Å²) in [7, 11) is 1.31. The van der Waals surface area contributed by atoms with Gasteiger partial charge in [-0.25, -0.2) is 4.79 Å². The molecule has 0 radical (unpaired) electrons. The van der Waals surface area contributed by atoms with Gasteiger partial charge in [0.05, 0.1) is 7.11 Å². The fourth-order valence-corrected chi connectivity index (χ4v) is 3.75. The van der Waals surface area contributed by atoms with Crippen LogP contribution in [0.25, 0.3) is 0 Å². The topological polar surface area (TPSA) is 35.5 Å². The second-order valence-electron chi connectivity index (χ2n) is 6.59. The number of ether oxygens (including phenoxy) is 2. The van der Waals surface area contributed by atoms with Gasteiger partial charge in [-0.2, -0.15) is 0 Å². The van der Waals surface area contributed by atoms with Gasteiger partial charge in [0.15, 0.2) is 0 Å². The maximum atomic E-state index is 11.2. The van der Waals surface area contributed by atoms with Gasteiger partial charge in [-0.3, -0.25) is 0 Å². The summed E-state index contributed by atoms with van der Waals surface area (Å²) in [6.45, 7) is 14.1. The lowest BCUT2D eigenvalue weighted by molar-refractivity contribution is 0.121. The van der Waals surface area contributed by atoms with Gasteiger partial charge in [0.1, 0.15) is 5.75 Å². The Hall–Kier alpha value is -2.29. The Kier molecular flexibility index (Phi) is 14.4. The van der Waals surface area contributed by atoms with Crippen LogP contribution in [-0.2, 0) is 10.2 Å². The van der Waals surface area contributed by atoms with Crippen molar-refractivity contribution in [2.75, 3.05) is 7.11 Å². The number of rotatable bonds is 3. The molecule has 1 aliphatic rings. The van der Waals surface area contributed by atoms with Crippen LogP contribution in [0.4, 0.5) is 4.79 Å². The average Bonchev–Trinajstić information content (AvgIpc) is 2.84. The van der Waals surface area contributed by atoms with Crippen LogP contribution in [0, 0.1) is 6.92 Å². The van der Waals surface area contributed by atoms with Crippen LogP contribution in [0.2, 0.25) is 0 Å². The summed E-state index contributed by atoms with van der Waals surface area (Å²) >= 11 is 0. The van der Waals surface area contributed by atoms with Crippen molar-refractivity contribution in [1.82, 2.24) is 0 Å². The van der Waals surface area contributed by atoms with Crippen LogP contribution in [0.1, 0.15) is 90.3 Å². The monoisotopic (exact) mass is 414 g/mol. The first-order valence-corrected chi connectivity index (χ1v) is 11.6. The first-order chi connectivity index (χ1) is 14.6. The molecule has 0 aromatic heterocycles. The van der Waals surface area contributed by atoms with Crippen LogP contribution in [0.3, 0.4) is 0 Å². The second kappa shape index (κ2) is 15.5. The van der Waals surface area contributed by atoms with Crippen molar-refractivity contribution in [2.24, 2.45) is 0 Å². The molecular formula is C27H42O3. The summed E-state index contributed by atoms with van der Waals surface area (Å²) in [6, 6.07) is 16.8. The maximum Gasteiger partial charge on any atom is 0.513 e. The Morgan fingerprint density at radius 2 is 1.17 bits per heavy atom. The number of hydrogen-bond acceptors (Lipinski definition) is 3. The van der Waals surface area contributed by atoms with Crippen LogP contribution in [0.15, 0.2) is 48.5 Å². The molecule has 0 saturated heterocycles. The fourth-order valence-electron chi connectivity index (χ4n) is 3.75. The molecule has 168 valence electrons. The van der Waals surface area contributed by atoms with Gasteiger partial charge >= 0.3 is 6.16 Å². The Balaban J connectivity index is 0.00000129. The zero-order valence-corrected chi connectivity index (χ0v) is 20.4. The summed E-state index contributed by atoms with van der Waals surface area (Å²) in [5, 5.41) is 0. The molecule has 0 amide bonds. The third-order valence-corrected chi connectivity index (χ3v) is 5.09. The fraction of sp³-hybridized carbons (Fsp3) is 0.519. The molecule has 2 aromatic carbocycles. The lowest BCUT2D eigenvalue weighted by atomic mass is 9.65. The third kappa shape index (κ3) is 7.51. The maximum absolute atomic E-state index is 11.2. The average molecular weight is 415 g/mol. The number of methoxy groups -OCH3 is 1. The van der Waals surface area contributed by atoms with Crippen molar-refractivity contribution in [2.45, 2.75) is 86.0 Å². The van der Waals surface area contributed by atoms with Gasteiger partial charge in [-0.1, -0.05) is 103 Å². The second-order valence-corrected chi connectivity index (χ2v) is 6.59. The molecule has 1 aliphatic carbocycles. The van der Waals surface area contributed by atoms with E-state index in [0.29, 0.717) is 5.75 Å². The highest BCUT2D eigenvalue weighted by atomic mass is 16.7. The van der Waals surface area contributed by atoms with Crippen LogP contribution in [-0.4, -0.2) is 13.3 Å². The quantitative estimate of drug-likeness (QED) is 0.373. The summed E-state index contributed by atoms with van der Waals surface area (Å²) in [4.78, 5) is 11.2. The summed E-state index contributed by atoms with van der Waals surface area (Å²) in [5.74, 6) is 0.514. The minimum atomic E-state index is -0.686. The van der Waals surface area contributed by atoms with E-state index in [2.05, 4.69) is 48.1 Å². The number of carbonyl (C=O) groups is 1. The predicted molar refractivity (Wildman–Crippen MR) is 129 cm³/mol. The normalized spacial score (nSPS) is 13.7. The van der Waals surface area contributed by atoms with Crippen molar-refractivity contribution in [3.05, 3.63) is 65.2 Å². The molecule has 0 atom stereocenters. The summed E-state index contributed by atoms with van der Waals surface area (Å²) < 4.78 is 9.64. The molecule has 0 N–H and O–H groups in total. The summed E-state index contributed by atoms with van der Waals surface area (Å²) in [6.07, 6.45) is 5.42. The van der Waals surface area contributed by atoms with Crippen molar-refractivity contribution in [1.29, 1.82) is 0 Å². The van der Waals surface area contributed by atoms with E-state index in [9.17, 15) is 4.79 Å². The largest absolute Gasteiger partial charge is 0.513 e. The minimum Gasteiger partial charge on any atom is -0.437 e. The lowest BCUT2D eigenvalue weighted by Gasteiger charge is -2.38. The molecule has 0 bridgehead atoms. The van der Waals surface area contributed by atoms with E-state index >= 15 is 0 Å². The molecule has 3 nitrogen and oxygen atoms in total. The molecule has 0 aliphatic heterocycles. The Morgan fingerprint density at radius 1 is 0.733 bits per heavy atom. The molecule has 0 unspecified atom stereocenters. The zero-order valence-electron chi connectivity index (χ0n) is 20.4. The Morgan fingerprint density at radius 3 is 1.60 bits per heavy atom. The first kappa shape index (κ1) is 27.7. The molecule has 0 heterocycles. The van der Waals surface area contributed by atoms with Crippen LogP contribution < -0.4 is 4.74 Å². The first-order valence-electron chi connectivity index (χ1n) is 11.6. The van der Waals surface area contributed by atoms with Gasteiger partial charge < -0.3 is 9.47 Å². The Labute approximate surface area is 184 Å². The van der Waals surface area contributed by atoms with Gasteiger partial charge in [0, 0.05) is 5.41 Å². The lowest BCUT2D eigenvalue weighted by Crippen LogP contribution is -2.30. The van der Waals surface area contributed by atoms with Crippen LogP contribution in [0.5, 0.6) is 5.75 Å². The van der Waals surface area contributed by atoms with E-state index in [0.717, 1.165) is 12.8 Å². The van der Waals surface area contributed by atoms with E-state index in [1.807, 2.05) is 53.7 Å². The smallest absolute Gasteiger partial charge is 0.437 e. The van der Waals surface area contributed by atoms with Crippen molar-refractivity contribution in [3.8, 4) is 5.75 Å². The van der Waals surface area contributed by atoms with E-state index in [1.165, 1.54) is 43.1 Å². The molecule has 3 rings (SSSR count). The molecule has 30 heavy (non-hydrogen) atoms. The van der Waals surface area contributed by atoms with Gasteiger partial charge in [-0.15, -0.1) is 0 Å². The third-order valence-electron chi connectivity index (χ3n) is 5.09. The van der Waals surface area contributed by atoms with Crippen molar-refractivity contribution < 1.29 is 14.3 Å². The highest BCUT2D eigenvalue weighted by Gasteiger charge is 2.35. The molecule has 2 aromatic rings. The SMILES string of the molecule is CC.CC.CC.COC(=O)Oc1ccc(C2(c3ccc(C)cc3)CCCCC2)cc1. The predicted octanol–water partition coefficient (Wildman–Crippen LogP) is 8.47. The molecule has 3 heteroatoms. The van der Waals surface area contributed by atoms with Gasteiger partial charge in [-0.05, 0) is 43.0 Å². The van der Waals surface area contributed by atoms with Crippen molar-refractivity contribution in [3.63, 3.8) is 0 Å². The highest BCUT2D eigenvalue weighted by molar-refractivity contribution is 5.63. The zero-order chi connectivity index (χ0) is 23.0. The van der Waals surface area contributed by atoms with Crippen molar-refractivity contribution >= 4 is 6.16 Å². The molecule has 1 fully saturated rings. The summed E-state index contributed by atoms with van der Waals surface area (Å²) in [5.41, 5.74) is 4.03. The van der Waals surface area contributed by atoms with E-state index in [1.54, 1.807) is 0 Å². The standard InChI is InChI=1S/C21H24O3.3C2H6/c1-16-6-8-17(9-7-16)21(14-4-3-5-15-21)18-10-12-19(13-11-18)24-20(22)23-2;3*1-2/h6-13H,3-5,14-15H2,1-2H3;3*1-2H3. The molecular weight excluding hydrogens is 372 g/mol. The highest BCUT2D eigenvalue weighted by Crippen LogP contribution is 2.45. The number of aryl methyl sites for hydroxylation is 1. The number of benzene rings is 2. The molecule has 0 spiro atoms. The van der Waals surface area contributed by atoms with E-state index in [-0.39, 0.29) is 5.41 Å².